The monoisotopic (exact) mass is 249 g/mol. The van der Waals surface area contributed by atoms with Crippen molar-refractivity contribution in [2.45, 2.75) is 33.7 Å². The number of rotatable bonds is 5. The van der Waals surface area contributed by atoms with Crippen molar-refractivity contribution >= 4 is 5.69 Å². The van der Waals surface area contributed by atoms with Crippen molar-refractivity contribution in [2.24, 2.45) is 11.8 Å². The van der Waals surface area contributed by atoms with E-state index in [2.05, 4.69) is 17.2 Å². The molecule has 98 valence electrons. The van der Waals surface area contributed by atoms with Crippen LogP contribution in [0.1, 0.15) is 30.2 Å². The molecule has 1 fully saturated rings. The lowest BCUT2D eigenvalue weighted by atomic mass is 10.1. The molecule has 5 nitrogen and oxygen atoms in total. The van der Waals surface area contributed by atoms with Crippen molar-refractivity contribution in [1.82, 2.24) is 10.3 Å². The molecule has 0 saturated heterocycles. The van der Waals surface area contributed by atoms with E-state index in [1.54, 1.807) is 20.0 Å². The Morgan fingerprint density at radius 1 is 1.56 bits per heavy atom. The van der Waals surface area contributed by atoms with Gasteiger partial charge in [-0.3, -0.25) is 15.1 Å². The lowest BCUT2D eigenvalue weighted by Gasteiger charge is -2.08. The summed E-state index contributed by atoms with van der Waals surface area (Å²) < 4.78 is 0. The Hall–Kier alpha value is -1.49. The number of aromatic nitrogens is 1. The molecule has 0 spiro atoms. The van der Waals surface area contributed by atoms with Gasteiger partial charge >= 0.3 is 0 Å². The molecule has 2 unspecified atom stereocenters. The SMILES string of the molecule is Cc1cnc(CNCC2CC2C)c(C)c1[N+](=O)[O-]. The highest BCUT2D eigenvalue weighted by molar-refractivity contribution is 5.47. The maximum absolute atomic E-state index is 11.0. The smallest absolute Gasteiger partial charge is 0.278 e. The molecule has 0 amide bonds. The summed E-state index contributed by atoms with van der Waals surface area (Å²) in [6.07, 6.45) is 2.87. The molecule has 2 rings (SSSR count). The van der Waals surface area contributed by atoms with E-state index < -0.39 is 0 Å². The first kappa shape index (κ1) is 13.0. The molecule has 1 aliphatic carbocycles. The molecule has 5 heteroatoms. The summed E-state index contributed by atoms with van der Waals surface area (Å²) in [5.41, 5.74) is 2.27. The number of nitrogens with one attached hydrogen (secondary N) is 1. The van der Waals surface area contributed by atoms with Crippen molar-refractivity contribution in [2.75, 3.05) is 6.54 Å². The molecule has 0 radical (unpaired) electrons. The highest BCUT2D eigenvalue weighted by Gasteiger charge is 2.31. The molecule has 1 saturated carbocycles. The van der Waals surface area contributed by atoms with Gasteiger partial charge in [0.25, 0.3) is 5.69 Å². The van der Waals surface area contributed by atoms with Gasteiger partial charge in [0.1, 0.15) is 0 Å². The van der Waals surface area contributed by atoms with Gasteiger partial charge in [-0.05, 0) is 38.6 Å². The van der Waals surface area contributed by atoms with E-state index in [1.807, 2.05) is 0 Å². The van der Waals surface area contributed by atoms with E-state index in [-0.39, 0.29) is 10.6 Å². The van der Waals surface area contributed by atoms with E-state index in [4.69, 9.17) is 0 Å². The second-order valence-electron chi connectivity index (χ2n) is 5.22. The Bertz CT molecular complexity index is 474. The third-order valence-electron chi connectivity index (χ3n) is 3.73. The van der Waals surface area contributed by atoms with Crippen molar-refractivity contribution in [3.8, 4) is 0 Å². The average molecular weight is 249 g/mol. The fourth-order valence-corrected chi connectivity index (χ4v) is 2.28. The van der Waals surface area contributed by atoms with Crippen LogP contribution in [0.3, 0.4) is 0 Å². The summed E-state index contributed by atoms with van der Waals surface area (Å²) in [5, 5.41) is 14.3. The maximum Gasteiger partial charge on any atom is 0.278 e. The van der Waals surface area contributed by atoms with Crippen LogP contribution in [0.25, 0.3) is 0 Å². The van der Waals surface area contributed by atoms with Gasteiger partial charge in [-0.15, -0.1) is 0 Å². The normalized spacial score (nSPS) is 21.9. The zero-order valence-electron chi connectivity index (χ0n) is 11.1. The minimum Gasteiger partial charge on any atom is -0.311 e. The number of pyridine rings is 1. The number of hydrogen-bond acceptors (Lipinski definition) is 4. The van der Waals surface area contributed by atoms with Crippen LogP contribution in [-0.4, -0.2) is 16.5 Å². The molecule has 1 aromatic heterocycles. The summed E-state index contributed by atoms with van der Waals surface area (Å²) in [6.45, 7) is 7.32. The first-order valence-electron chi connectivity index (χ1n) is 6.31. The van der Waals surface area contributed by atoms with Gasteiger partial charge in [0, 0.05) is 23.9 Å². The molecule has 2 atom stereocenters. The van der Waals surface area contributed by atoms with Crippen LogP contribution >= 0.6 is 0 Å². The van der Waals surface area contributed by atoms with Crippen molar-refractivity contribution in [3.63, 3.8) is 0 Å². The molecular formula is C13H19N3O2. The first-order chi connectivity index (χ1) is 8.50. The standard InChI is InChI=1S/C13H19N3O2/c1-8-4-11(8)6-14-7-12-10(3)13(16(17)18)9(2)5-15-12/h5,8,11,14H,4,6-7H2,1-3H3. The van der Waals surface area contributed by atoms with Gasteiger partial charge in [-0.2, -0.15) is 0 Å². The first-order valence-corrected chi connectivity index (χ1v) is 6.31. The summed E-state index contributed by atoms with van der Waals surface area (Å²) in [7, 11) is 0. The molecule has 1 aliphatic rings. The van der Waals surface area contributed by atoms with Gasteiger partial charge in [-0.1, -0.05) is 6.92 Å². The highest BCUT2D eigenvalue weighted by Crippen LogP contribution is 2.36. The molecule has 1 N–H and O–H groups in total. The average Bonchev–Trinajstić information content (AvgIpc) is 2.97. The third kappa shape index (κ3) is 2.67. The lowest BCUT2D eigenvalue weighted by Crippen LogP contribution is -2.18. The molecule has 0 aliphatic heterocycles. The third-order valence-corrected chi connectivity index (χ3v) is 3.73. The quantitative estimate of drug-likeness (QED) is 0.642. The van der Waals surface area contributed by atoms with Crippen molar-refractivity contribution in [3.05, 3.63) is 33.1 Å². The molecule has 1 heterocycles. The van der Waals surface area contributed by atoms with E-state index in [0.29, 0.717) is 17.7 Å². The number of hydrogen-bond donors (Lipinski definition) is 1. The van der Waals surface area contributed by atoms with Crippen LogP contribution in [0.4, 0.5) is 5.69 Å². The minimum atomic E-state index is -0.321. The summed E-state index contributed by atoms with van der Waals surface area (Å²) >= 11 is 0. The Labute approximate surface area is 107 Å². The van der Waals surface area contributed by atoms with E-state index >= 15 is 0 Å². The van der Waals surface area contributed by atoms with Gasteiger partial charge in [-0.25, -0.2) is 0 Å². The predicted octanol–water partition coefficient (Wildman–Crippen LogP) is 2.35. The van der Waals surface area contributed by atoms with Crippen LogP contribution in [0.5, 0.6) is 0 Å². The van der Waals surface area contributed by atoms with Crippen LogP contribution in [0.2, 0.25) is 0 Å². The fraction of sp³-hybridized carbons (Fsp3) is 0.615. The summed E-state index contributed by atoms with van der Waals surface area (Å²) in [5.74, 6) is 1.59. The number of nitro groups is 1. The largest absolute Gasteiger partial charge is 0.311 e. The molecular weight excluding hydrogens is 230 g/mol. The molecule has 0 aromatic carbocycles. The Kier molecular flexibility index (Phi) is 3.61. The second kappa shape index (κ2) is 5.02. The summed E-state index contributed by atoms with van der Waals surface area (Å²) in [6, 6.07) is 0. The van der Waals surface area contributed by atoms with Crippen molar-refractivity contribution < 1.29 is 4.92 Å². The van der Waals surface area contributed by atoms with E-state index in [0.717, 1.165) is 24.1 Å². The number of nitrogens with zero attached hydrogens (tertiary/aromatic N) is 2. The zero-order valence-corrected chi connectivity index (χ0v) is 11.1. The van der Waals surface area contributed by atoms with E-state index in [1.165, 1.54) is 6.42 Å². The van der Waals surface area contributed by atoms with Crippen LogP contribution in [0.15, 0.2) is 6.20 Å². The van der Waals surface area contributed by atoms with E-state index in [9.17, 15) is 10.1 Å². The lowest BCUT2D eigenvalue weighted by molar-refractivity contribution is -0.386. The Morgan fingerprint density at radius 2 is 2.22 bits per heavy atom. The Balaban J connectivity index is 2.04. The van der Waals surface area contributed by atoms with Crippen LogP contribution < -0.4 is 5.32 Å². The molecule has 1 aromatic rings. The van der Waals surface area contributed by atoms with Gasteiger partial charge < -0.3 is 5.32 Å². The van der Waals surface area contributed by atoms with Gasteiger partial charge in [0.2, 0.25) is 0 Å². The number of aryl methyl sites for hydroxylation is 1. The molecule has 0 bridgehead atoms. The molecule has 18 heavy (non-hydrogen) atoms. The van der Waals surface area contributed by atoms with Crippen molar-refractivity contribution in [1.29, 1.82) is 0 Å². The Morgan fingerprint density at radius 3 is 2.78 bits per heavy atom. The second-order valence-corrected chi connectivity index (χ2v) is 5.22. The van der Waals surface area contributed by atoms with Crippen LogP contribution in [0, 0.1) is 35.8 Å². The highest BCUT2D eigenvalue weighted by atomic mass is 16.6. The maximum atomic E-state index is 11.0. The fourth-order valence-electron chi connectivity index (χ4n) is 2.28. The van der Waals surface area contributed by atoms with Crippen LogP contribution in [-0.2, 0) is 6.54 Å². The summed E-state index contributed by atoms with van der Waals surface area (Å²) in [4.78, 5) is 15.0. The topological polar surface area (TPSA) is 68.1 Å². The van der Waals surface area contributed by atoms with Gasteiger partial charge in [0.05, 0.1) is 10.6 Å². The zero-order chi connectivity index (χ0) is 13.3. The van der Waals surface area contributed by atoms with Gasteiger partial charge in [0.15, 0.2) is 0 Å². The minimum absolute atomic E-state index is 0.196. The predicted molar refractivity (Wildman–Crippen MR) is 69.3 cm³/mol.